The zero-order valence-corrected chi connectivity index (χ0v) is 13.4. The molecule has 4 heteroatoms. The van der Waals surface area contributed by atoms with E-state index in [4.69, 9.17) is 0 Å². The monoisotopic (exact) mass is 300 g/mol. The van der Waals surface area contributed by atoms with Crippen molar-refractivity contribution in [2.75, 3.05) is 6.54 Å². The number of hydrogen-bond acceptors (Lipinski definition) is 2. The lowest BCUT2D eigenvalue weighted by Crippen LogP contribution is -2.25. The Kier molecular flexibility index (Phi) is 5.39. The number of rotatable bonds is 6. The van der Waals surface area contributed by atoms with Gasteiger partial charge in [0.05, 0.1) is 6.10 Å². The maximum absolute atomic E-state index is 12.0. The second kappa shape index (κ2) is 7.27. The summed E-state index contributed by atoms with van der Waals surface area (Å²) in [5.41, 5.74) is 3.73. The van der Waals surface area contributed by atoms with Crippen molar-refractivity contribution in [1.29, 1.82) is 0 Å². The number of aliphatic hydroxyl groups is 1. The second-order valence-electron chi connectivity index (χ2n) is 5.92. The lowest BCUT2D eigenvalue weighted by atomic mass is 10.0. The lowest BCUT2D eigenvalue weighted by Gasteiger charge is -2.07. The zero-order chi connectivity index (χ0) is 16.1. The first-order chi connectivity index (χ1) is 10.5. The van der Waals surface area contributed by atoms with Gasteiger partial charge in [-0.3, -0.25) is 4.79 Å². The molecule has 0 fully saturated rings. The number of amides is 1. The summed E-state index contributed by atoms with van der Waals surface area (Å²) in [5.74, 6) is 0.385. The van der Waals surface area contributed by atoms with Gasteiger partial charge in [-0.25, -0.2) is 0 Å². The summed E-state index contributed by atoms with van der Waals surface area (Å²) in [6.45, 7) is 6.61. The van der Waals surface area contributed by atoms with E-state index in [1.54, 1.807) is 19.2 Å². The van der Waals surface area contributed by atoms with E-state index in [-0.39, 0.29) is 5.91 Å². The number of carbonyl (C=O) groups is 1. The first-order valence-corrected chi connectivity index (χ1v) is 7.70. The van der Waals surface area contributed by atoms with Crippen molar-refractivity contribution in [3.8, 4) is 0 Å². The van der Waals surface area contributed by atoms with E-state index in [9.17, 15) is 9.90 Å². The average molecular weight is 300 g/mol. The van der Waals surface area contributed by atoms with E-state index in [0.717, 1.165) is 12.0 Å². The molecule has 0 saturated heterocycles. The highest BCUT2D eigenvalue weighted by atomic mass is 16.3. The Morgan fingerprint density at radius 1 is 1.18 bits per heavy atom. The van der Waals surface area contributed by atoms with Crippen LogP contribution in [0.4, 0.5) is 0 Å². The molecule has 118 valence electrons. The standard InChI is InChI=1S/C18H24N2O2/c1-12(2)15-6-4-14(5-7-15)8-9-19-18(22)17-10-16(11-20-17)13(3)21/h4-7,10-13,20-21H,8-9H2,1-3H3,(H,19,22). The molecule has 1 amide bonds. The van der Waals surface area contributed by atoms with Gasteiger partial charge in [-0.2, -0.15) is 0 Å². The van der Waals surface area contributed by atoms with Crippen LogP contribution in [0, 0.1) is 0 Å². The van der Waals surface area contributed by atoms with Gasteiger partial charge in [0.25, 0.3) is 5.91 Å². The molecular weight excluding hydrogens is 276 g/mol. The number of benzene rings is 1. The van der Waals surface area contributed by atoms with E-state index in [1.165, 1.54) is 11.1 Å². The lowest BCUT2D eigenvalue weighted by molar-refractivity contribution is 0.0949. The van der Waals surface area contributed by atoms with Gasteiger partial charge in [-0.15, -0.1) is 0 Å². The van der Waals surface area contributed by atoms with Gasteiger partial charge in [-0.1, -0.05) is 38.1 Å². The summed E-state index contributed by atoms with van der Waals surface area (Å²) in [5, 5.41) is 12.3. The molecule has 0 aliphatic heterocycles. The minimum atomic E-state index is -0.572. The third kappa shape index (κ3) is 4.21. The Bertz CT molecular complexity index is 612. The van der Waals surface area contributed by atoms with Gasteiger partial charge in [0.15, 0.2) is 0 Å². The van der Waals surface area contributed by atoms with Crippen molar-refractivity contribution in [2.45, 2.75) is 39.2 Å². The maximum Gasteiger partial charge on any atom is 0.267 e. The fraction of sp³-hybridized carbons (Fsp3) is 0.389. The average Bonchev–Trinajstić information content (AvgIpc) is 2.98. The van der Waals surface area contributed by atoms with Gasteiger partial charge in [-0.05, 0) is 42.0 Å². The molecule has 1 aromatic carbocycles. The molecule has 0 aliphatic rings. The summed E-state index contributed by atoms with van der Waals surface area (Å²) < 4.78 is 0. The van der Waals surface area contributed by atoms with E-state index >= 15 is 0 Å². The van der Waals surface area contributed by atoms with Crippen LogP contribution in [0.1, 0.15) is 60.0 Å². The third-order valence-corrected chi connectivity index (χ3v) is 3.78. The summed E-state index contributed by atoms with van der Waals surface area (Å²) in [6, 6.07) is 10.2. The molecule has 1 heterocycles. The largest absolute Gasteiger partial charge is 0.389 e. The summed E-state index contributed by atoms with van der Waals surface area (Å²) in [6.07, 6.45) is 1.88. The SMILES string of the molecule is CC(C)c1ccc(CCNC(=O)c2cc(C(C)O)c[nH]2)cc1. The number of aromatic amines is 1. The van der Waals surface area contributed by atoms with Crippen LogP contribution in [0.15, 0.2) is 36.5 Å². The normalized spacial score (nSPS) is 12.4. The van der Waals surface area contributed by atoms with Crippen molar-refractivity contribution in [3.63, 3.8) is 0 Å². The molecule has 2 rings (SSSR count). The highest BCUT2D eigenvalue weighted by Gasteiger charge is 2.10. The van der Waals surface area contributed by atoms with Crippen LogP contribution in [-0.4, -0.2) is 22.5 Å². The van der Waals surface area contributed by atoms with Crippen LogP contribution >= 0.6 is 0 Å². The first-order valence-electron chi connectivity index (χ1n) is 7.70. The summed E-state index contributed by atoms with van der Waals surface area (Å²) in [7, 11) is 0. The van der Waals surface area contributed by atoms with Crippen molar-refractivity contribution < 1.29 is 9.90 Å². The highest BCUT2D eigenvalue weighted by Crippen LogP contribution is 2.15. The molecule has 1 atom stereocenters. The molecule has 1 aromatic heterocycles. The third-order valence-electron chi connectivity index (χ3n) is 3.78. The van der Waals surface area contributed by atoms with Gasteiger partial charge >= 0.3 is 0 Å². The topological polar surface area (TPSA) is 65.1 Å². The molecule has 0 spiro atoms. The molecule has 0 radical (unpaired) electrons. The van der Waals surface area contributed by atoms with Gasteiger partial charge in [0.1, 0.15) is 5.69 Å². The van der Waals surface area contributed by atoms with Crippen LogP contribution < -0.4 is 5.32 Å². The number of hydrogen-bond donors (Lipinski definition) is 3. The molecule has 22 heavy (non-hydrogen) atoms. The van der Waals surface area contributed by atoms with Gasteiger partial charge in [0.2, 0.25) is 0 Å². The van der Waals surface area contributed by atoms with Crippen molar-refractivity contribution in [2.24, 2.45) is 0 Å². The smallest absolute Gasteiger partial charge is 0.267 e. The van der Waals surface area contributed by atoms with E-state index in [1.807, 2.05) is 0 Å². The Labute approximate surface area is 131 Å². The number of aliphatic hydroxyl groups excluding tert-OH is 1. The van der Waals surface area contributed by atoms with E-state index < -0.39 is 6.10 Å². The molecular formula is C18H24N2O2. The maximum atomic E-state index is 12.0. The Morgan fingerprint density at radius 3 is 2.41 bits per heavy atom. The van der Waals surface area contributed by atoms with Crippen LogP contribution in [0.25, 0.3) is 0 Å². The molecule has 2 aromatic rings. The zero-order valence-electron chi connectivity index (χ0n) is 13.4. The van der Waals surface area contributed by atoms with Crippen LogP contribution in [0.3, 0.4) is 0 Å². The van der Waals surface area contributed by atoms with Gasteiger partial charge < -0.3 is 15.4 Å². The number of H-pyrrole nitrogens is 1. The molecule has 0 aliphatic carbocycles. The van der Waals surface area contributed by atoms with Crippen LogP contribution in [-0.2, 0) is 6.42 Å². The quantitative estimate of drug-likeness (QED) is 0.767. The minimum Gasteiger partial charge on any atom is -0.389 e. The summed E-state index contributed by atoms with van der Waals surface area (Å²) >= 11 is 0. The van der Waals surface area contributed by atoms with Crippen molar-refractivity contribution in [3.05, 3.63) is 58.9 Å². The van der Waals surface area contributed by atoms with Crippen LogP contribution in [0.5, 0.6) is 0 Å². The molecule has 1 unspecified atom stereocenters. The van der Waals surface area contributed by atoms with Crippen molar-refractivity contribution >= 4 is 5.91 Å². The molecule has 0 bridgehead atoms. The number of carbonyl (C=O) groups excluding carboxylic acids is 1. The van der Waals surface area contributed by atoms with Gasteiger partial charge in [0, 0.05) is 12.7 Å². The fourth-order valence-electron chi connectivity index (χ4n) is 2.27. The second-order valence-corrected chi connectivity index (χ2v) is 5.92. The molecule has 3 N–H and O–H groups in total. The predicted molar refractivity (Wildman–Crippen MR) is 88.0 cm³/mol. The number of nitrogens with one attached hydrogen (secondary N) is 2. The predicted octanol–water partition coefficient (Wildman–Crippen LogP) is 3.16. The summed E-state index contributed by atoms with van der Waals surface area (Å²) in [4.78, 5) is 14.9. The minimum absolute atomic E-state index is 0.147. The fourth-order valence-corrected chi connectivity index (χ4v) is 2.27. The molecule has 0 saturated carbocycles. The van der Waals surface area contributed by atoms with E-state index in [2.05, 4.69) is 48.4 Å². The Hall–Kier alpha value is -2.07. The first kappa shape index (κ1) is 16.3. The van der Waals surface area contributed by atoms with E-state index in [0.29, 0.717) is 18.2 Å². The highest BCUT2D eigenvalue weighted by molar-refractivity contribution is 5.92. The Balaban J connectivity index is 1.83. The van der Waals surface area contributed by atoms with Crippen LogP contribution in [0.2, 0.25) is 0 Å². The number of aromatic nitrogens is 1. The Morgan fingerprint density at radius 2 is 1.86 bits per heavy atom. The molecule has 4 nitrogen and oxygen atoms in total. The van der Waals surface area contributed by atoms with Crippen molar-refractivity contribution in [1.82, 2.24) is 10.3 Å².